The lowest BCUT2D eigenvalue weighted by Gasteiger charge is -2.57. The summed E-state index contributed by atoms with van der Waals surface area (Å²) >= 11 is 0. The molecule has 5 nitrogen and oxygen atoms in total. The molecule has 4 saturated carbocycles. The van der Waals surface area contributed by atoms with Gasteiger partial charge in [0.1, 0.15) is 5.69 Å². The first-order chi connectivity index (χ1) is 15.8. The van der Waals surface area contributed by atoms with Crippen LogP contribution in [0.1, 0.15) is 93.6 Å². The molecule has 1 aromatic heterocycles. The third-order valence-corrected chi connectivity index (χ3v) is 10.8. The number of carbonyl (C=O) groups is 1. The van der Waals surface area contributed by atoms with Crippen molar-refractivity contribution in [2.75, 3.05) is 13.7 Å². The van der Waals surface area contributed by atoms with Crippen LogP contribution < -0.4 is 5.73 Å². The second kappa shape index (κ2) is 8.64. The number of pyridine rings is 1. The first kappa shape index (κ1) is 23.3. The first-order valence-corrected chi connectivity index (χ1v) is 13.2. The van der Waals surface area contributed by atoms with Gasteiger partial charge in [0.25, 0.3) is 5.91 Å². The number of primary amides is 1. The number of ether oxygens (including phenoxy) is 1. The smallest absolute Gasteiger partial charge is 0.267 e. The molecule has 1 amide bonds. The van der Waals surface area contributed by atoms with Gasteiger partial charge in [-0.3, -0.25) is 9.78 Å². The van der Waals surface area contributed by atoms with Crippen LogP contribution in [-0.2, 0) is 4.74 Å². The summed E-state index contributed by atoms with van der Waals surface area (Å²) in [5.41, 5.74) is 6.88. The molecule has 5 rings (SSSR count). The number of nitrogens with two attached hydrogens (primary N) is 1. The Kier molecular flexibility index (Phi) is 6.10. The summed E-state index contributed by atoms with van der Waals surface area (Å²) in [6, 6.07) is 4.01. The molecule has 0 radical (unpaired) electrons. The van der Waals surface area contributed by atoms with E-state index in [1.54, 1.807) is 13.3 Å². The zero-order chi connectivity index (χ0) is 23.4. The fourth-order valence-electron chi connectivity index (χ4n) is 9.43. The molecule has 0 aromatic carbocycles. The van der Waals surface area contributed by atoms with Crippen LogP contribution in [0.2, 0.25) is 0 Å². The SMILES string of the molecule is COC[C@@]1(O)CC[C@H]2[C@H](CC[C@@H]3[C@@H]2CC[C@@]2(C)[C@H]3CC[C@H]2[C@@H](C)c2cccnc2C(N)=O)C1. The number of aromatic nitrogens is 1. The fourth-order valence-corrected chi connectivity index (χ4v) is 9.43. The van der Waals surface area contributed by atoms with Crippen LogP contribution in [0.3, 0.4) is 0 Å². The minimum atomic E-state index is -0.609. The minimum Gasteiger partial charge on any atom is -0.387 e. The van der Waals surface area contributed by atoms with Gasteiger partial charge in [-0.15, -0.1) is 0 Å². The van der Waals surface area contributed by atoms with E-state index in [1.165, 1.54) is 38.5 Å². The number of rotatable bonds is 5. The molecule has 5 heteroatoms. The average Bonchev–Trinajstić information content (AvgIpc) is 3.15. The van der Waals surface area contributed by atoms with Gasteiger partial charge >= 0.3 is 0 Å². The Morgan fingerprint density at radius 1 is 1.18 bits per heavy atom. The van der Waals surface area contributed by atoms with Crippen LogP contribution in [0, 0.1) is 40.9 Å². The Balaban J connectivity index is 1.34. The van der Waals surface area contributed by atoms with Gasteiger partial charge in [-0.25, -0.2) is 0 Å². The molecule has 0 saturated heterocycles. The van der Waals surface area contributed by atoms with E-state index in [0.717, 1.165) is 48.5 Å². The zero-order valence-electron chi connectivity index (χ0n) is 20.6. The third kappa shape index (κ3) is 3.83. The maximum absolute atomic E-state index is 12.0. The lowest BCUT2D eigenvalue weighted by Crippen LogP contribution is -2.52. The summed E-state index contributed by atoms with van der Waals surface area (Å²) in [6.45, 7) is 5.32. The van der Waals surface area contributed by atoms with Gasteiger partial charge in [-0.05, 0) is 116 Å². The van der Waals surface area contributed by atoms with Crippen molar-refractivity contribution >= 4 is 5.91 Å². The van der Waals surface area contributed by atoms with Crippen molar-refractivity contribution in [1.82, 2.24) is 4.98 Å². The summed E-state index contributed by atoms with van der Waals surface area (Å²) in [6.07, 6.45) is 12.4. The van der Waals surface area contributed by atoms with E-state index in [2.05, 4.69) is 24.9 Å². The number of methoxy groups -OCH3 is 1. The van der Waals surface area contributed by atoms with E-state index >= 15 is 0 Å². The van der Waals surface area contributed by atoms with Gasteiger partial charge in [0.2, 0.25) is 0 Å². The number of hydrogen-bond acceptors (Lipinski definition) is 4. The number of aliphatic hydroxyl groups is 1. The standard InChI is InChI=1S/C28H42N2O3/c1-17(19-5-4-14-30-25(19)26(29)31)23-8-9-24-22-7-6-18-15-28(32,16-33-3)13-11-20(18)21(22)10-12-27(23,24)2/h4-5,14,17-18,20-24,32H,6-13,15-16H2,1-3H3,(H2,29,31)/t17-,18+,20-,21+,22+,23-,24-,27+,28+/m0/s1. The van der Waals surface area contributed by atoms with Crippen molar-refractivity contribution in [2.24, 2.45) is 46.7 Å². The maximum atomic E-state index is 12.0. The Labute approximate surface area is 198 Å². The molecular weight excluding hydrogens is 412 g/mol. The predicted octanol–water partition coefficient (Wildman–Crippen LogP) is 4.93. The predicted molar refractivity (Wildman–Crippen MR) is 129 cm³/mol. The molecule has 0 unspecified atom stereocenters. The maximum Gasteiger partial charge on any atom is 0.267 e. The van der Waals surface area contributed by atoms with E-state index in [-0.39, 0.29) is 0 Å². The number of hydrogen-bond donors (Lipinski definition) is 2. The highest BCUT2D eigenvalue weighted by Gasteiger charge is 2.58. The number of fused-ring (bicyclic) bond motifs is 5. The topological polar surface area (TPSA) is 85.4 Å². The highest BCUT2D eigenvalue weighted by Crippen LogP contribution is 2.66. The Bertz CT molecular complexity index is 890. The lowest BCUT2D eigenvalue weighted by molar-refractivity contribution is -0.125. The van der Waals surface area contributed by atoms with Crippen molar-refractivity contribution in [3.63, 3.8) is 0 Å². The Hall–Kier alpha value is -1.46. The van der Waals surface area contributed by atoms with Gasteiger partial charge in [-0.2, -0.15) is 0 Å². The monoisotopic (exact) mass is 454 g/mol. The van der Waals surface area contributed by atoms with Crippen LogP contribution in [0.5, 0.6) is 0 Å². The molecule has 0 aliphatic heterocycles. The van der Waals surface area contributed by atoms with Gasteiger partial charge < -0.3 is 15.6 Å². The second-order valence-electron chi connectivity index (χ2n) is 12.2. The third-order valence-electron chi connectivity index (χ3n) is 10.8. The van der Waals surface area contributed by atoms with Gasteiger partial charge in [0, 0.05) is 13.3 Å². The molecule has 33 heavy (non-hydrogen) atoms. The molecule has 3 N–H and O–H groups in total. The summed E-state index contributed by atoms with van der Waals surface area (Å²) in [5, 5.41) is 11.0. The molecule has 0 spiro atoms. The van der Waals surface area contributed by atoms with E-state index in [9.17, 15) is 9.90 Å². The summed E-state index contributed by atoms with van der Waals surface area (Å²) < 4.78 is 5.35. The van der Waals surface area contributed by atoms with Crippen LogP contribution in [0.4, 0.5) is 0 Å². The highest BCUT2D eigenvalue weighted by molar-refractivity contribution is 5.92. The zero-order valence-corrected chi connectivity index (χ0v) is 20.6. The van der Waals surface area contributed by atoms with Gasteiger partial charge in [0.05, 0.1) is 12.2 Å². The van der Waals surface area contributed by atoms with Crippen molar-refractivity contribution in [2.45, 2.75) is 83.2 Å². The van der Waals surface area contributed by atoms with Crippen LogP contribution >= 0.6 is 0 Å². The first-order valence-electron chi connectivity index (χ1n) is 13.2. The molecule has 182 valence electrons. The van der Waals surface area contributed by atoms with E-state index in [1.807, 2.05) is 6.07 Å². The van der Waals surface area contributed by atoms with Crippen LogP contribution in [0.25, 0.3) is 0 Å². The van der Waals surface area contributed by atoms with Crippen LogP contribution in [0.15, 0.2) is 18.3 Å². The van der Waals surface area contributed by atoms with Crippen molar-refractivity contribution in [3.8, 4) is 0 Å². The number of amides is 1. The van der Waals surface area contributed by atoms with E-state index in [0.29, 0.717) is 35.5 Å². The Morgan fingerprint density at radius 2 is 1.97 bits per heavy atom. The van der Waals surface area contributed by atoms with Gasteiger partial charge in [-0.1, -0.05) is 19.9 Å². The summed E-state index contributed by atoms with van der Waals surface area (Å²) in [4.78, 5) is 16.4. The molecule has 0 bridgehead atoms. The molecule has 1 aromatic rings. The molecule has 4 fully saturated rings. The van der Waals surface area contributed by atoms with E-state index < -0.39 is 11.5 Å². The molecule has 4 aliphatic carbocycles. The van der Waals surface area contributed by atoms with Gasteiger partial charge in [0.15, 0.2) is 0 Å². The van der Waals surface area contributed by atoms with Crippen molar-refractivity contribution in [1.29, 1.82) is 0 Å². The molecule has 9 atom stereocenters. The Morgan fingerprint density at radius 3 is 2.73 bits per heavy atom. The molecule has 1 heterocycles. The molecular formula is C28H42N2O3. The van der Waals surface area contributed by atoms with Crippen molar-refractivity contribution < 1.29 is 14.6 Å². The average molecular weight is 455 g/mol. The van der Waals surface area contributed by atoms with Crippen LogP contribution in [-0.4, -0.2) is 35.3 Å². The quantitative estimate of drug-likeness (QED) is 0.660. The fraction of sp³-hybridized carbons (Fsp3) is 0.786. The highest BCUT2D eigenvalue weighted by atomic mass is 16.5. The minimum absolute atomic E-state index is 0.294. The largest absolute Gasteiger partial charge is 0.387 e. The summed E-state index contributed by atoms with van der Waals surface area (Å²) in [7, 11) is 1.71. The summed E-state index contributed by atoms with van der Waals surface area (Å²) in [5.74, 6) is 4.31. The molecule has 4 aliphatic rings. The number of carbonyl (C=O) groups excluding carboxylic acids is 1. The van der Waals surface area contributed by atoms with Crippen molar-refractivity contribution in [3.05, 3.63) is 29.6 Å². The van der Waals surface area contributed by atoms with E-state index in [4.69, 9.17) is 10.5 Å². The normalized spacial score (nSPS) is 43.3. The second-order valence-corrected chi connectivity index (χ2v) is 12.2. The lowest BCUT2D eigenvalue weighted by atomic mass is 9.48. The number of nitrogens with zero attached hydrogens (tertiary/aromatic N) is 1.